The Morgan fingerprint density at radius 1 is 0.955 bits per heavy atom. The fourth-order valence-corrected chi connectivity index (χ4v) is 3.32. The van der Waals surface area contributed by atoms with Crippen molar-refractivity contribution >= 4 is 40.3 Å². The van der Waals surface area contributed by atoms with Gasteiger partial charge in [-0.15, -0.1) is 22.7 Å². The van der Waals surface area contributed by atoms with Gasteiger partial charge in [0.25, 0.3) is 11.8 Å². The van der Waals surface area contributed by atoms with E-state index < -0.39 is 0 Å². The van der Waals surface area contributed by atoms with Crippen LogP contribution in [0.25, 0.3) is 0 Å². The van der Waals surface area contributed by atoms with Crippen molar-refractivity contribution in [3.05, 3.63) is 68.7 Å². The minimum Gasteiger partial charge on any atom is -0.267 e. The van der Waals surface area contributed by atoms with Crippen LogP contribution in [0.5, 0.6) is 0 Å². The van der Waals surface area contributed by atoms with Gasteiger partial charge in [0.2, 0.25) is 0 Å². The Hall–Kier alpha value is -2.31. The second-order valence-electron chi connectivity index (χ2n) is 4.54. The Balaban J connectivity index is 2.09. The third kappa shape index (κ3) is 2.70. The van der Waals surface area contributed by atoms with Gasteiger partial charge in [-0.2, -0.15) is 0 Å². The molecule has 0 atom stereocenters. The quantitative estimate of drug-likeness (QED) is 0.683. The van der Waals surface area contributed by atoms with E-state index >= 15 is 0 Å². The molecule has 0 aliphatic carbocycles. The summed E-state index contributed by atoms with van der Waals surface area (Å²) in [5, 5.41) is 3.62. The second-order valence-corrected chi connectivity index (χ2v) is 6.44. The summed E-state index contributed by atoms with van der Waals surface area (Å²) in [5.41, 5.74) is 0.775. The van der Waals surface area contributed by atoms with E-state index in [-0.39, 0.29) is 11.8 Å². The average Bonchev–Trinajstić information content (AvgIpc) is 3.22. The first kappa shape index (κ1) is 14.6. The van der Waals surface area contributed by atoms with Crippen LogP contribution in [0.4, 0.5) is 5.82 Å². The maximum atomic E-state index is 12.8. The standard InChI is InChI=1S/C16H12N2O2S2/c1-11-5-2-8-17-14(11)18(15(19)12-6-3-9-21-12)16(20)13-7-4-10-22-13/h2-10H,1H3. The Kier molecular flexibility index (Phi) is 4.13. The number of thiophene rings is 2. The number of aromatic nitrogens is 1. The summed E-state index contributed by atoms with van der Waals surface area (Å²) < 4.78 is 0. The number of rotatable bonds is 3. The number of hydrogen-bond donors (Lipinski definition) is 0. The van der Waals surface area contributed by atoms with Gasteiger partial charge in [0.05, 0.1) is 9.75 Å². The highest BCUT2D eigenvalue weighted by Gasteiger charge is 2.29. The zero-order valence-electron chi connectivity index (χ0n) is 11.7. The van der Waals surface area contributed by atoms with Gasteiger partial charge in [-0.25, -0.2) is 9.88 Å². The number of hydrogen-bond acceptors (Lipinski definition) is 5. The molecule has 0 fully saturated rings. The zero-order valence-corrected chi connectivity index (χ0v) is 13.4. The van der Waals surface area contributed by atoms with Crippen molar-refractivity contribution in [2.24, 2.45) is 0 Å². The molecule has 0 N–H and O–H groups in total. The lowest BCUT2D eigenvalue weighted by atomic mass is 10.2. The summed E-state index contributed by atoms with van der Waals surface area (Å²) in [5.74, 6) is -0.329. The van der Waals surface area contributed by atoms with Crippen LogP contribution >= 0.6 is 22.7 Å². The summed E-state index contributed by atoms with van der Waals surface area (Å²) in [4.78, 5) is 32.0. The van der Waals surface area contributed by atoms with E-state index in [2.05, 4.69) is 4.98 Å². The van der Waals surface area contributed by atoms with Crippen molar-refractivity contribution in [2.75, 3.05) is 4.90 Å². The van der Waals surface area contributed by atoms with Gasteiger partial charge in [-0.05, 0) is 41.4 Å². The number of amides is 2. The van der Waals surface area contributed by atoms with Gasteiger partial charge in [-0.3, -0.25) is 9.59 Å². The second kappa shape index (κ2) is 6.21. The molecule has 0 aromatic carbocycles. The number of imide groups is 1. The van der Waals surface area contributed by atoms with Crippen LogP contribution in [0, 0.1) is 6.92 Å². The molecule has 3 aromatic rings. The summed E-state index contributed by atoms with van der Waals surface area (Å²) in [6.45, 7) is 1.83. The SMILES string of the molecule is Cc1cccnc1N(C(=O)c1cccs1)C(=O)c1cccs1. The van der Waals surface area contributed by atoms with Crippen LogP contribution in [0.3, 0.4) is 0 Å². The van der Waals surface area contributed by atoms with Gasteiger partial charge in [0.1, 0.15) is 5.82 Å². The van der Waals surface area contributed by atoms with E-state index in [1.54, 1.807) is 36.5 Å². The molecule has 6 heteroatoms. The Morgan fingerprint density at radius 3 is 2.00 bits per heavy atom. The molecule has 0 radical (unpaired) electrons. The average molecular weight is 328 g/mol. The van der Waals surface area contributed by atoms with Crippen LogP contribution in [-0.4, -0.2) is 16.8 Å². The molecule has 0 aliphatic rings. The molecule has 3 aromatic heterocycles. The molecule has 0 saturated carbocycles. The minimum absolute atomic E-state index is 0.352. The minimum atomic E-state index is -0.352. The molecular weight excluding hydrogens is 316 g/mol. The van der Waals surface area contributed by atoms with Gasteiger partial charge in [0.15, 0.2) is 0 Å². The first-order chi connectivity index (χ1) is 10.7. The Bertz CT molecular complexity index is 749. The summed E-state index contributed by atoms with van der Waals surface area (Å²) in [6, 6.07) is 10.6. The normalized spacial score (nSPS) is 10.4. The van der Waals surface area contributed by atoms with E-state index in [1.807, 2.05) is 23.8 Å². The third-order valence-electron chi connectivity index (χ3n) is 3.06. The van der Waals surface area contributed by atoms with Gasteiger partial charge < -0.3 is 0 Å². The van der Waals surface area contributed by atoms with Crippen LogP contribution in [0.15, 0.2) is 53.4 Å². The van der Waals surface area contributed by atoms with Crippen molar-refractivity contribution in [3.63, 3.8) is 0 Å². The third-order valence-corrected chi connectivity index (χ3v) is 4.78. The van der Waals surface area contributed by atoms with Gasteiger partial charge in [0, 0.05) is 6.20 Å². The molecule has 0 bridgehead atoms. The highest BCUT2D eigenvalue weighted by atomic mass is 32.1. The van der Waals surface area contributed by atoms with Crippen LogP contribution in [0.2, 0.25) is 0 Å². The number of anilines is 1. The lowest BCUT2D eigenvalue weighted by Gasteiger charge is -2.20. The first-order valence-electron chi connectivity index (χ1n) is 6.56. The molecule has 0 saturated heterocycles. The van der Waals surface area contributed by atoms with Crippen LogP contribution < -0.4 is 4.90 Å². The lowest BCUT2D eigenvalue weighted by molar-refractivity contribution is 0.0901. The van der Waals surface area contributed by atoms with E-state index in [0.29, 0.717) is 15.6 Å². The maximum Gasteiger partial charge on any atom is 0.276 e. The van der Waals surface area contributed by atoms with Crippen LogP contribution in [0.1, 0.15) is 24.9 Å². The molecule has 3 rings (SSSR count). The van der Waals surface area contributed by atoms with E-state index in [4.69, 9.17) is 0 Å². The number of pyridine rings is 1. The van der Waals surface area contributed by atoms with Crippen molar-refractivity contribution < 1.29 is 9.59 Å². The zero-order chi connectivity index (χ0) is 15.5. The molecule has 0 unspecified atom stereocenters. The largest absolute Gasteiger partial charge is 0.276 e. The summed E-state index contributed by atoms with van der Waals surface area (Å²) in [7, 11) is 0. The van der Waals surface area contributed by atoms with Crippen molar-refractivity contribution in [3.8, 4) is 0 Å². The number of carbonyl (C=O) groups excluding carboxylic acids is 2. The highest BCUT2D eigenvalue weighted by molar-refractivity contribution is 7.13. The predicted octanol–water partition coefficient (Wildman–Crippen LogP) is 4.00. The van der Waals surface area contributed by atoms with Crippen molar-refractivity contribution in [1.29, 1.82) is 0 Å². The molecular formula is C16H12N2O2S2. The maximum absolute atomic E-state index is 12.8. The van der Waals surface area contributed by atoms with Gasteiger partial charge >= 0.3 is 0 Å². The molecule has 3 heterocycles. The van der Waals surface area contributed by atoms with Crippen LogP contribution in [-0.2, 0) is 0 Å². The van der Waals surface area contributed by atoms with Crippen molar-refractivity contribution in [2.45, 2.75) is 6.92 Å². The van der Waals surface area contributed by atoms with E-state index in [0.717, 1.165) is 10.5 Å². The smallest absolute Gasteiger partial charge is 0.267 e. The molecule has 0 aliphatic heterocycles. The highest BCUT2D eigenvalue weighted by Crippen LogP contribution is 2.24. The topological polar surface area (TPSA) is 50.3 Å². The predicted molar refractivity (Wildman–Crippen MR) is 88.8 cm³/mol. The molecule has 4 nitrogen and oxygen atoms in total. The lowest BCUT2D eigenvalue weighted by Crippen LogP contribution is -2.37. The van der Waals surface area contributed by atoms with Gasteiger partial charge in [-0.1, -0.05) is 18.2 Å². The fourth-order valence-electron chi connectivity index (χ4n) is 2.02. The van der Waals surface area contributed by atoms with E-state index in [9.17, 15) is 9.59 Å². The monoisotopic (exact) mass is 328 g/mol. The number of carbonyl (C=O) groups is 2. The number of aryl methyl sites for hydroxylation is 1. The summed E-state index contributed by atoms with van der Waals surface area (Å²) in [6.07, 6.45) is 1.58. The Labute approximate surface area is 135 Å². The molecule has 22 heavy (non-hydrogen) atoms. The first-order valence-corrected chi connectivity index (χ1v) is 8.32. The van der Waals surface area contributed by atoms with Crippen molar-refractivity contribution in [1.82, 2.24) is 4.98 Å². The molecule has 110 valence electrons. The Morgan fingerprint density at radius 2 is 1.55 bits per heavy atom. The molecule has 0 spiro atoms. The number of nitrogens with zero attached hydrogens (tertiary/aromatic N) is 2. The summed E-state index contributed by atoms with van der Waals surface area (Å²) >= 11 is 2.61. The fraction of sp³-hybridized carbons (Fsp3) is 0.0625. The van der Waals surface area contributed by atoms with E-state index in [1.165, 1.54) is 22.7 Å². The molecule has 2 amide bonds.